The van der Waals surface area contributed by atoms with Crippen LogP contribution >= 0.6 is 11.6 Å². The molecule has 0 heterocycles. The maximum absolute atomic E-state index is 11.5. The van der Waals surface area contributed by atoms with E-state index in [-0.39, 0.29) is 5.97 Å². The van der Waals surface area contributed by atoms with Crippen molar-refractivity contribution in [2.45, 2.75) is 26.3 Å². The molecule has 0 aromatic heterocycles. The zero-order valence-electron chi connectivity index (χ0n) is 10.8. The number of rotatable bonds is 6. The molecular weight excluding hydrogens is 254 g/mol. The Kier molecular flexibility index (Phi) is 5.78. The molecule has 0 radical (unpaired) electrons. The van der Waals surface area contributed by atoms with Crippen molar-refractivity contribution in [1.29, 1.82) is 0 Å². The number of benzene rings is 1. The normalized spacial score (nSPS) is 11.8. The molecule has 4 nitrogen and oxygen atoms in total. The van der Waals surface area contributed by atoms with Crippen LogP contribution in [-0.4, -0.2) is 25.7 Å². The fraction of sp³-hybridized carbons (Fsp3) is 0.462. The van der Waals surface area contributed by atoms with Gasteiger partial charge in [-0.2, -0.15) is 0 Å². The smallest absolute Gasteiger partial charge is 0.328 e. The fourth-order valence-electron chi connectivity index (χ4n) is 1.55. The Labute approximate surface area is 112 Å². The van der Waals surface area contributed by atoms with Crippen LogP contribution in [0, 0.1) is 0 Å². The van der Waals surface area contributed by atoms with Crippen LogP contribution in [0.25, 0.3) is 0 Å². The number of nitrogens with one attached hydrogen (secondary N) is 1. The van der Waals surface area contributed by atoms with Crippen LogP contribution in [0.15, 0.2) is 18.2 Å². The average molecular weight is 272 g/mol. The molecule has 1 unspecified atom stereocenters. The maximum Gasteiger partial charge on any atom is 0.328 e. The third kappa shape index (κ3) is 3.81. The Bertz CT molecular complexity index is 409. The van der Waals surface area contributed by atoms with Gasteiger partial charge in [0.2, 0.25) is 0 Å². The number of methoxy groups -OCH3 is 1. The number of anilines is 1. The predicted molar refractivity (Wildman–Crippen MR) is 72.3 cm³/mol. The predicted octanol–water partition coefficient (Wildman–Crippen LogP) is 3.10. The second-order valence-corrected chi connectivity index (χ2v) is 4.14. The van der Waals surface area contributed by atoms with Crippen molar-refractivity contribution in [3.8, 4) is 5.75 Å². The largest absolute Gasteiger partial charge is 0.492 e. The second kappa shape index (κ2) is 7.11. The average Bonchev–Trinajstić information content (AvgIpc) is 2.38. The molecule has 1 rings (SSSR count). The Morgan fingerprint density at radius 3 is 2.72 bits per heavy atom. The molecule has 0 saturated carbocycles. The number of hydrogen-bond donors (Lipinski definition) is 1. The van der Waals surface area contributed by atoms with Crippen molar-refractivity contribution in [3.63, 3.8) is 0 Å². The summed E-state index contributed by atoms with van der Waals surface area (Å²) in [4.78, 5) is 11.5. The van der Waals surface area contributed by atoms with Gasteiger partial charge in [-0.15, -0.1) is 0 Å². The molecule has 1 N–H and O–H groups in total. The number of carbonyl (C=O) groups excluding carboxylic acids is 1. The highest BCUT2D eigenvalue weighted by atomic mass is 35.5. The van der Waals surface area contributed by atoms with Crippen LogP contribution < -0.4 is 10.1 Å². The number of ether oxygens (including phenoxy) is 2. The van der Waals surface area contributed by atoms with Gasteiger partial charge in [0.05, 0.1) is 19.4 Å². The van der Waals surface area contributed by atoms with Gasteiger partial charge in [0.25, 0.3) is 0 Å². The van der Waals surface area contributed by atoms with E-state index < -0.39 is 6.04 Å². The molecule has 0 aliphatic heterocycles. The number of esters is 1. The van der Waals surface area contributed by atoms with E-state index in [1.807, 2.05) is 13.8 Å². The summed E-state index contributed by atoms with van der Waals surface area (Å²) in [5, 5.41) is 3.67. The molecule has 0 saturated heterocycles. The Morgan fingerprint density at radius 1 is 1.44 bits per heavy atom. The maximum atomic E-state index is 11.5. The monoisotopic (exact) mass is 271 g/mol. The van der Waals surface area contributed by atoms with Crippen molar-refractivity contribution < 1.29 is 14.3 Å². The van der Waals surface area contributed by atoms with Gasteiger partial charge in [0, 0.05) is 5.02 Å². The third-order valence-corrected chi connectivity index (χ3v) is 2.70. The summed E-state index contributed by atoms with van der Waals surface area (Å²) in [7, 11) is 1.37. The van der Waals surface area contributed by atoms with Crippen molar-refractivity contribution in [2.75, 3.05) is 19.0 Å². The molecule has 1 aromatic rings. The van der Waals surface area contributed by atoms with Gasteiger partial charge >= 0.3 is 5.97 Å². The van der Waals surface area contributed by atoms with E-state index in [9.17, 15) is 4.79 Å². The molecule has 0 fully saturated rings. The molecule has 0 aliphatic carbocycles. The van der Waals surface area contributed by atoms with E-state index >= 15 is 0 Å². The number of hydrogen-bond acceptors (Lipinski definition) is 4. The summed E-state index contributed by atoms with van der Waals surface area (Å²) in [5.74, 6) is 0.365. The molecule has 18 heavy (non-hydrogen) atoms. The zero-order valence-corrected chi connectivity index (χ0v) is 11.6. The quantitative estimate of drug-likeness (QED) is 0.808. The lowest BCUT2D eigenvalue weighted by atomic mass is 10.2. The first-order valence-electron chi connectivity index (χ1n) is 5.89. The second-order valence-electron chi connectivity index (χ2n) is 3.70. The van der Waals surface area contributed by atoms with E-state index in [1.165, 1.54) is 7.11 Å². The van der Waals surface area contributed by atoms with Gasteiger partial charge in [-0.25, -0.2) is 4.79 Å². The summed E-state index contributed by atoms with van der Waals surface area (Å²) in [5.41, 5.74) is 0.696. The van der Waals surface area contributed by atoms with Crippen LogP contribution in [0.1, 0.15) is 20.3 Å². The zero-order chi connectivity index (χ0) is 13.5. The molecular formula is C13H18ClNO3. The molecule has 1 atom stereocenters. The van der Waals surface area contributed by atoms with Gasteiger partial charge in [-0.05, 0) is 31.5 Å². The van der Waals surface area contributed by atoms with Crippen LogP contribution in [0.3, 0.4) is 0 Å². The molecule has 100 valence electrons. The summed E-state index contributed by atoms with van der Waals surface area (Å²) in [6, 6.07) is 4.85. The van der Waals surface area contributed by atoms with Gasteiger partial charge < -0.3 is 14.8 Å². The van der Waals surface area contributed by atoms with Gasteiger partial charge in [0.15, 0.2) is 0 Å². The minimum Gasteiger partial charge on any atom is -0.492 e. The lowest BCUT2D eigenvalue weighted by molar-refractivity contribution is -0.141. The first kappa shape index (κ1) is 14.6. The topological polar surface area (TPSA) is 47.6 Å². The van der Waals surface area contributed by atoms with Crippen LogP contribution in [0.2, 0.25) is 5.02 Å². The number of carbonyl (C=O) groups is 1. The molecule has 5 heteroatoms. The minimum atomic E-state index is -0.410. The van der Waals surface area contributed by atoms with Crippen molar-refractivity contribution >= 4 is 23.3 Å². The van der Waals surface area contributed by atoms with Crippen molar-refractivity contribution in [2.24, 2.45) is 0 Å². The van der Waals surface area contributed by atoms with E-state index in [0.717, 1.165) is 0 Å². The van der Waals surface area contributed by atoms with Crippen molar-refractivity contribution in [1.82, 2.24) is 0 Å². The lowest BCUT2D eigenvalue weighted by Gasteiger charge is -2.18. The highest BCUT2D eigenvalue weighted by Crippen LogP contribution is 2.29. The van der Waals surface area contributed by atoms with Crippen LogP contribution in [-0.2, 0) is 9.53 Å². The molecule has 0 bridgehead atoms. The first-order chi connectivity index (χ1) is 8.62. The van der Waals surface area contributed by atoms with Crippen LogP contribution in [0.4, 0.5) is 5.69 Å². The van der Waals surface area contributed by atoms with E-state index in [4.69, 9.17) is 21.1 Å². The van der Waals surface area contributed by atoms with Crippen LogP contribution in [0.5, 0.6) is 5.75 Å². The fourth-order valence-corrected chi connectivity index (χ4v) is 1.73. The Hall–Kier alpha value is -1.42. The Balaban J connectivity index is 2.93. The SMILES string of the molecule is CCOc1ccc(Cl)cc1NC(CC)C(=O)OC. The highest BCUT2D eigenvalue weighted by molar-refractivity contribution is 6.30. The summed E-state index contributed by atoms with van der Waals surface area (Å²) < 4.78 is 10.2. The standard InChI is InChI=1S/C13H18ClNO3/c1-4-10(13(16)17-3)15-11-8-9(14)6-7-12(11)18-5-2/h6-8,10,15H,4-5H2,1-3H3. The molecule has 0 spiro atoms. The van der Waals surface area contributed by atoms with E-state index in [1.54, 1.807) is 18.2 Å². The van der Waals surface area contributed by atoms with E-state index in [2.05, 4.69) is 5.32 Å². The minimum absolute atomic E-state index is 0.306. The highest BCUT2D eigenvalue weighted by Gasteiger charge is 2.18. The lowest BCUT2D eigenvalue weighted by Crippen LogP contribution is -2.30. The summed E-state index contributed by atoms with van der Waals surface area (Å²) in [6.07, 6.45) is 0.616. The molecule has 1 aromatic carbocycles. The molecule has 0 aliphatic rings. The first-order valence-corrected chi connectivity index (χ1v) is 6.26. The number of halogens is 1. The van der Waals surface area contributed by atoms with Gasteiger partial charge in [-0.3, -0.25) is 0 Å². The van der Waals surface area contributed by atoms with Gasteiger partial charge in [-0.1, -0.05) is 18.5 Å². The molecule has 0 amide bonds. The third-order valence-electron chi connectivity index (χ3n) is 2.47. The van der Waals surface area contributed by atoms with E-state index in [0.29, 0.717) is 29.5 Å². The van der Waals surface area contributed by atoms with Gasteiger partial charge in [0.1, 0.15) is 11.8 Å². The summed E-state index contributed by atoms with van der Waals surface area (Å²) >= 11 is 5.95. The van der Waals surface area contributed by atoms with Crippen molar-refractivity contribution in [3.05, 3.63) is 23.2 Å². The summed E-state index contributed by atoms with van der Waals surface area (Å²) in [6.45, 7) is 4.35. The Morgan fingerprint density at radius 2 is 2.17 bits per heavy atom.